The summed E-state index contributed by atoms with van der Waals surface area (Å²) in [6.07, 6.45) is 1.44. The summed E-state index contributed by atoms with van der Waals surface area (Å²) in [5.41, 5.74) is 1.51. The van der Waals surface area contributed by atoms with Crippen molar-refractivity contribution in [3.63, 3.8) is 0 Å². The van der Waals surface area contributed by atoms with Gasteiger partial charge in [0.1, 0.15) is 22.9 Å². The van der Waals surface area contributed by atoms with Crippen molar-refractivity contribution in [1.82, 2.24) is 23.9 Å². The Labute approximate surface area is 156 Å². The highest BCUT2D eigenvalue weighted by molar-refractivity contribution is 7.89. The lowest BCUT2D eigenvalue weighted by Crippen LogP contribution is -2.49. The fraction of sp³-hybridized carbons (Fsp3) is 0.353. The van der Waals surface area contributed by atoms with Crippen LogP contribution in [0.1, 0.15) is 11.3 Å². The third kappa shape index (κ3) is 3.15. The monoisotopic (exact) mass is 390 g/mol. The van der Waals surface area contributed by atoms with Gasteiger partial charge < -0.3 is 4.90 Å². The van der Waals surface area contributed by atoms with Gasteiger partial charge in [-0.3, -0.25) is 0 Å². The lowest BCUT2D eigenvalue weighted by atomic mass is 10.2. The first-order chi connectivity index (χ1) is 12.9. The molecular weight excluding hydrogens is 371 g/mol. The second kappa shape index (κ2) is 6.54. The van der Waals surface area contributed by atoms with E-state index in [2.05, 4.69) is 15.1 Å². The number of hydrogen-bond donors (Lipinski definition) is 0. The van der Waals surface area contributed by atoms with E-state index in [0.717, 1.165) is 11.5 Å². The molecule has 3 aromatic rings. The van der Waals surface area contributed by atoms with E-state index in [1.165, 1.54) is 22.8 Å². The van der Waals surface area contributed by atoms with Crippen LogP contribution in [-0.4, -0.2) is 58.5 Å². The first-order valence-electron chi connectivity index (χ1n) is 8.55. The molecule has 0 spiro atoms. The van der Waals surface area contributed by atoms with E-state index in [9.17, 15) is 12.8 Å². The van der Waals surface area contributed by atoms with Crippen LogP contribution in [0.3, 0.4) is 0 Å². The first-order valence-corrected chi connectivity index (χ1v) is 9.99. The Morgan fingerprint density at radius 3 is 2.56 bits per heavy atom. The van der Waals surface area contributed by atoms with Crippen molar-refractivity contribution in [3.05, 3.63) is 47.7 Å². The van der Waals surface area contributed by atoms with E-state index in [4.69, 9.17) is 0 Å². The Morgan fingerprint density at radius 2 is 1.81 bits per heavy atom. The van der Waals surface area contributed by atoms with Crippen LogP contribution in [-0.2, 0) is 10.0 Å². The molecule has 0 saturated carbocycles. The summed E-state index contributed by atoms with van der Waals surface area (Å²) in [6, 6.07) is 6.02. The summed E-state index contributed by atoms with van der Waals surface area (Å²) in [4.78, 5) is 10.2. The highest BCUT2D eigenvalue weighted by atomic mass is 32.2. The van der Waals surface area contributed by atoms with Crippen molar-refractivity contribution < 1.29 is 12.8 Å². The molecule has 0 bridgehead atoms. The number of aryl methyl sites for hydroxylation is 2. The second-order valence-electron chi connectivity index (χ2n) is 6.55. The molecule has 0 amide bonds. The van der Waals surface area contributed by atoms with Gasteiger partial charge in [0.25, 0.3) is 5.78 Å². The van der Waals surface area contributed by atoms with Gasteiger partial charge in [-0.2, -0.15) is 18.9 Å². The molecule has 2 aromatic heterocycles. The van der Waals surface area contributed by atoms with Crippen LogP contribution in [0.25, 0.3) is 5.78 Å². The summed E-state index contributed by atoms with van der Waals surface area (Å²) < 4.78 is 42.8. The number of nitrogens with zero attached hydrogens (tertiary/aromatic N) is 6. The molecule has 1 aliphatic heterocycles. The lowest BCUT2D eigenvalue weighted by molar-refractivity contribution is 0.380. The van der Waals surface area contributed by atoms with E-state index in [-0.39, 0.29) is 18.0 Å². The fourth-order valence-electron chi connectivity index (χ4n) is 3.24. The van der Waals surface area contributed by atoms with Gasteiger partial charge in [-0.15, -0.1) is 0 Å². The maximum Gasteiger partial charge on any atom is 0.254 e. The zero-order valence-corrected chi connectivity index (χ0v) is 15.8. The molecule has 1 saturated heterocycles. The molecule has 0 radical (unpaired) electrons. The number of hydrogen-bond acceptors (Lipinski definition) is 6. The standard InChI is InChI=1S/C17H19FN6O2S/c1-12-3-4-14(18)15(9-12)27(25,26)23-7-5-22(6-8-23)16-10-13(2)21-17-19-11-20-24(16)17/h3-4,9-11H,5-8H2,1-2H3. The van der Waals surface area contributed by atoms with Crippen LogP contribution in [0.4, 0.5) is 10.2 Å². The van der Waals surface area contributed by atoms with E-state index >= 15 is 0 Å². The number of halogens is 1. The molecule has 1 aromatic carbocycles. The molecular formula is C17H19FN6O2S. The minimum Gasteiger partial charge on any atom is -0.354 e. The number of fused-ring (bicyclic) bond motifs is 1. The molecule has 3 heterocycles. The predicted molar refractivity (Wildman–Crippen MR) is 97.6 cm³/mol. The summed E-state index contributed by atoms with van der Waals surface area (Å²) in [7, 11) is -3.88. The van der Waals surface area contributed by atoms with Crippen LogP contribution in [0, 0.1) is 19.7 Å². The average Bonchev–Trinajstić information content (AvgIpc) is 3.11. The second-order valence-corrected chi connectivity index (χ2v) is 8.46. The van der Waals surface area contributed by atoms with Crippen molar-refractivity contribution in [2.75, 3.05) is 31.1 Å². The third-order valence-electron chi connectivity index (χ3n) is 4.63. The largest absolute Gasteiger partial charge is 0.354 e. The minimum atomic E-state index is -3.88. The Kier molecular flexibility index (Phi) is 4.31. The Balaban J connectivity index is 1.58. The Bertz CT molecular complexity index is 1110. The number of anilines is 1. The van der Waals surface area contributed by atoms with Crippen LogP contribution in [0.2, 0.25) is 0 Å². The van der Waals surface area contributed by atoms with Gasteiger partial charge in [-0.25, -0.2) is 17.8 Å². The molecule has 142 valence electrons. The summed E-state index contributed by atoms with van der Waals surface area (Å²) in [6.45, 7) is 5.06. The molecule has 0 atom stereocenters. The van der Waals surface area contributed by atoms with Crippen LogP contribution < -0.4 is 4.90 Å². The number of rotatable bonds is 3. The average molecular weight is 390 g/mol. The van der Waals surface area contributed by atoms with Crippen LogP contribution in [0.5, 0.6) is 0 Å². The zero-order chi connectivity index (χ0) is 19.2. The molecule has 1 fully saturated rings. The Morgan fingerprint density at radius 1 is 1.07 bits per heavy atom. The first kappa shape index (κ1) is 17.8. The van der Waals surface area contributed by atoms with Gasteiger partial charge in [-0.05, 0) is 31.5 Å². The number of piperazine rings is 1. The highest BCUT2D eigenvalue weighted by Gasteiger charge is 2.31. The predicted octanol–water partition coefficient (Wildman–Crippen LogP) is 1.39. The molecule has 10 heteroatoms. The minimum absolute atomic E-state index is 0.257. The molecule has 0 N–H and O–H groups in total. The van der Waals surface area contributed by atoms with Crippen molar-refractivity contribution in [1.29, 1.82) is 0 Å². The fourth-order valence-corrected chi connectivity index (χ4v) is 4.81. The highest BCUT2D eigenvalue weighted by Crippen LogP contribution is 2.24. The van der Waals surface area contributed by atoms with Crippen molar-refractivity contribution >= 4 is 21.6 Å². The number of benzene rings is 1. The quantitative estimate of drug-likeness (QED) is 0.672. The van der Waals surface area contributed by atoms with Gasteiger partial charge in [-0.1, -0.05) is 6.07 Å². The summed E-state index contributed by atoms with van der Waals surface area (Å²) in [5.74, 6) is 0.591. The smallest absolute Gasteiger partial charge is 0.254 e. The number of aromatic nitrogens is 4. The maximum absolute atomic E-state index is 14.1. The number of sulfonamides is 1. The zero-order valence-electron chi connectivity index (χ0n) is 15.0. The van der Waals surface area contributed by atoms with Gasteiger partial charge in [0.2, 0.25) is 10.0 Å². The Hall–Kier alpha value is -2.59. The normalized spacial score (nSPS) is 16.2. The third-order valence-corrected chi connectivity index (χ3v) is 6.54. The molecule has 0 aliphatic carbocycles. The van der Waals surface area contributed by atoms with Crippen molar-refractivity contribution in [2.24, 2.45) is 0 Å². The molecule has 27 heavy (non-hydrogen) atoms. The molecule has 4 rings (SSSR count). The van der Waals surface area contributed by atoms with Crippen LogP contribution >= 0.6 is 0 Å². The lowest BCUT2D eigenvalue weighted by Gasteiger charge is -2.35. The SMILES string of the molecule is Cc1ccc(F)c(S(=O)(=O)N2CCN(c3cc(C)nc4ncnn34)CC2)c1. The molecule has 0 unspecified atom stereocenters. The van der Waals surface area contributed by atoms with Gasteiger partial charge in [0.15, 0.2) is 0 Å². The molecule has 1 aliphatic rings. The van der Waals surface area contributed by atoms with E-state index < -0.39 is 15.8 Å². The van der Waals surface area contributed by atoms with E-state index in [1.54, 1.807) is 17.5 Å². The van der Waals surface area contributed by atoms with E-state index in [0.29, 0.717) is 24.4 Å². The van der Waals surface area contributed by atoms with Crippen LogP contribution in [0.15, 0.2) is 35.5 Å². The topological polar surface area (TPSA) is 83.7 Å². The van der Waals surface area contributed by atoms with Crippen molar-refractivity contribution in [2.45, 2.75) is 18.7 Å². The van der Waals surface area contributed by atoms with E-state index in [1.807, 2.05) is 17.9 Å². The van der Waals surface area contributed by atoms with Gasteiger partial charge >= 0.3 is 0 Å². The summed E-state index contributed by atoms with van der Waals surface area (Å²) >= 11 is 0. The summed E-state index contributed by atoms with van der Waals surface area (Å²) in [5, 5.41) is 4.19. The van der Waals surface area contributed by atoms with Gasteiger partial charge in [0.05, 0.1) is 0 Å². The molecule has 8 nitrogen and oxygen atoms in total. The van der Waals surface area contributed by atoms with Gasteiger partial charge in [0, 0.05) is 37.9 Å². The maximum atomic E-state index is 14.1. The van der Waals surface area contributed by atoms with Crippen molar-refractivity contribution in [3.8, 4) is 0 Å².